The number of halogens is 2. The number of anilines is 2. The fraction of sp³-hybridized carbons (Fsp3) is 0.500. The van der Waals surface area contributed by atoms with E-state index in [-0.39, 0.29) is 6.54 Å². The maximum absolute atomic E-state index is 12.1. The number of aliphatic hydroxyl groups is 1. The molecule has 0 bridgehead atoms. The Morgan fingerprint density at radius 2 is 2.11 bits per heavy atom. The topological polar surface area (TPSA) is 67.5 Å². The molecule has 0 saturated carbocycles. The van der Waals surface area contributed by atoms with E-state index in [4.69, 9.17) is 15.6 Å². The van der Waals surface area contributed by atoms with Crippen molar-refractivity contribution in [3.8, 4) is 5.75 Å². The van der Waals surface area contributed by atoms with Crippen molar-refractivity contribution in [1.82, 2.24) is 0 Å². The molecule has 1 atom stereocenters. The lowest BCUT2D eigenvalue weighted by atomic mass is 10.2. The van der Waals surface area contributed by atoms with E-state index in [2.05, 4.69) is 5.32 Å². The van der Waals surface area contributed by atoms with Gasteiger partial charge in [-0.1, -0.05) is 6.92 Å². The third kappa shape index (κ3) is 4.75. The first-order valence-corrected chi connectivity index (χ1v) is 5.76. The lowest BCUT2D eigenvalue weighted by Gasteiger charge is -2.13. The minimum atomic E-state index is -2.77. The fourth-order valence-electron chi connectivity index (χ4n) is 1.34. The first-order valence-electron chi connectivity index (χ1n) is 5.76. The molecule has 18 heavy (non-hydrogen) atoms. The van der Waals surface area contributed by atoms with E-state index in [1.807, 2.05) is 6.92 Å². The van der Waals surface area contributed by atoms with E-state index in [1.165, 1.54) is 0 Å². The zero-order valence-electron chi connectivity index (χ0n) is 10.2. The molecule has 0 aliphatic heterocycles. The van der Waals surface area contributed by atoms with Crippen LogP contribution < -0.4 is 15.8 Å². The highest BCUT2D eigenvalue weighted by Crippen LogP contribution is 2.22. The van der Waals surface area contributed by atoms with Crippen LogP contribution in [0.15, 0.2) is 18.2 Å². The molecular formula is C12H18F2N2O2. The Hall–Kier alpha value is -1.56. The Kier molecular flexibility index (Phi) is 5.64. The Morgan fingerprint density at radius 1 is 1.39 bits per heavy atom. The third-order valence-corrected chi connectivity index (χ3v) is 2.21. The van der Waals surface area contributed by atoms with E-state index in [0.717, 1.165) is 6.42 Å². The minimum Gasteiger partial charge on any atom is -0.493 e. The number of hydrogen-bond donors (Lipinski definition) is 3. The smallest absolute Gasteiger partial charge is 0.265 e. The quantitative estimate of drug-likeness (QED) is 0.657. The van der Waals surface area contributed by atoms with Crippen molar-refractivity contribution in [1.29, 1.82) is 0 Å². The number of nitrogens with one attached hydrogen (secondary N) is 1. The highest BCUT2D eigenvalue weighted by molar-refractivity contribution is 5.59. The Morgan fingerprint density at radius 3 is 2.72 bits per heavy atom. The SMILES string of the molecule is CCCOc1cc(N)cc(NCC(O)C(F)F)c1. The molecule has 1 aromatic carbocycles. The molecule has 0 heterocycles. The number of alkyl halides is 2. The lowest BCUT2D eigenvalue weighted by molar-refractivity contribution is 0.00384. The number of benzene rings is 1. The van der Waals surface area contributed by atoms with Crippen LogP contribution in [0.25, 0.3) is 0 Å². The second-order valence-corrected chi connectivity index (χ2v) is 3.92. The summed E-state index contributed by atoms with van der Waals surface area (Å²) in [6.07, 6.45) is -3.61. The standard InChI is InChI=1S/C12H18F2N2O2/c1-2-3-18-10-5-8(15)4-9(6-10)16-7-11(17)12(13)14/h4-6,11-12,16-17H,2-3,7,15H2,1H3. The van der Waals surface area contributed by atoms with Gasteiger partial charge in [-0.25, -0.2) is 8.78 Å². The van der Waals surface area contributed by atoms with Crippen LogP contribution in [0.2, 0.25) is 0 Å². The molecule has 102 valence electrons. The van der Waals surface area contributed by atoms with Crippen LogP contribution >= 0.6 is 0 Å². The summed E-state index contributed by atoms with van der Waals surface area (Å²) in [6, 6.07) is 4.91. The number of nitrogen functional groups attached to an aromatic ring is 1. The normalized spacial score (nSPS) is 12.5. The van der Waals surface area contributed by atoms with Gasteiger partial charge in [-0.2, -0.15) is 0 Å². The maximum Gasteiger partial charge on any atom is 0.265 e. The largest absolute Gasteiger partial charge is 0.493 e. The number of rotatable bonds is 7. The highest BCUT2D eigenvalue weighted by Gasteiger charge is 2.16. The van der Waals surface area contributed by atoms with Crippen molar-refractivity contribution in [2.75, 3.05) is 24.2 Å². The van der Waals surface area contributed by atoms with Crippen LogP contribution in [0, 0.1) is 0 Å². The zero-order valence-corrected chi connectivity index (χ0v) is 10.2. The summed E-state index contributed by atoms with van der Waals surface area (Å²) in [5.74, 6) is 0.575. The minimum absolute atomic E-state index is 0.242. The first-order chi connectivity index (χ1) is 8.52. The van der Waals surface area contributed by atoms with Gasteiger partial charge in [-0.15, -0.1) is 0 Å². The van der Waals surface area contributed by atoms with Crippen LogP contribution in [0.4, 0.5) is 20.2 Å². The van der Waals surface area contributed by atoms with Crippen molar-refractivity contribution in [3.05, 3.63) is 18.2 Å². The second kappa shape index (κ2) is 7.00. The van der Waals surface area contributed by atoms with Gasteiger partial charge < -0.3 is 20.9 Å². The molecule has 0 spiro atoms. The van der Waals surface area contributed by atoms with Gasteiger partial charge in [-0.05, 0) is 12.5 Å². The molecule has 0 aliphatic rings. The maximum atomic E-state index is 12.1. The fourth-order valence-corrected chi connectivity index (χ4v) is 1.34. The molecule has 0 aliphatic carbocycles. The molecule has 0 saturated heterocycles. The Labute approximate surface area is 105 Å². The molecule has 0 aromatic heterocycles. The first kappa shape index (κ1) is 14.5. The summed E-state index contributed by atoms with van der Waals surface area (Å²) in [5.41, 5.74) is 6.68. The summed E-state index contributed by atoms with van der Waals surface area (Å²) in [4.78, 5) is 0. The molecule has 1 rings (SSSR count). The molecule has 4 nitrogen and oxygen atoms in total. The average molecular weight is 260 g/mol. The van der Waals surface area contributed by atoms with E-state index in [9.17, 15) is 8.78 Å². The van der Waals surface area contributed by atoms with Crippen LogP contribution in [0.1, 0.15) is 13.3 Å². The van der Waals surface area contributed by atoms with Gasteiger partial charge in [0.1, 0.15) is 11.9 Å². The van der Waals surface area contributed by atoms with Crippen molar-refractivity contribution < 1.29 is 18.6 Å². The molecule has 1 aromatic rings. The monoisotopic (exact) mass is 260 g/mol. The molecule has 0 radical (unpaired) electrons. The number of ether oxygens (including phenoxy) is 1. The zero-order chi connectivity index (χ0) is 13.5. The van der Waals surface area contributed by atoms with Crippen molar-refractivity contribution in [2.45, 2.75) is 25.9 Å². The van der Waals surface area contributed by atoms with E-state index < -0.39 is 12.5 Å². The summed E-state index contributed by atoms with van der Waals surface area (Å²) in [6.45, 7) is 2.29. The van der Waals surface area contributed by atoms with Gasteiger partial charge in [-0.3, -0.25) is 0 Å². The summed E-state index contributed by atoms with van der Waals surface area (Å²) < 4.78 is 29.6. The van der Waals surface area contributed by atoms with Crippen LogP contribution in [-0.2, 0) is 0 Å². The van der Waals surface area contributed by atoms with Gasteiger partial charge in [0.15, 0.2) is 0 Å². The van der Waals surface area contributed by atoms with Crippen molar-refractivity contribution in [2.24, 2.45) is 0 Å². The number of hydrogen-bond acceptors (Lipinski definition) is 4. The van der Waals surface area contributed by atoms with Crippen molar-refractivity contribution >= 4 is 11.4 Å². The molecule has 1 unspecified atom stereocenters. The van der Waals surface area contributed by atoms with Gasteiger partial charge >= 0.3 is 0 Å². The molecule has 0 fully saturated rings. The van der Waals surface area contributed by atoms with Crippen molar-refractivity contribution in [3.63, 3.8) is 0 Å². The van der Waals surface area contributed by atoms with Crippen LogP contribution in [0.5, 0.6) is 5.75 Å². The van der Waals surface area contributed by atoms with Crippen LogP contribution in [0.3, 0.4) is 0 Å². The highest BCUT2D eigenvalue weighted by atomic mass is 19.3. The molecular weight excluding hydrogens is 242 g/mol. The number of aliphatic hydroxyl groups excluding tert-OH is 1. The lowest BCUT2D eigenvalue weighted by Crippen LogP contribution is -2.26. The van der Waals surface area contributed by atoms with E-state index in [0.29, 0.717) is 23.7 Å². The summed E-state index contributed by atoms with van der Waals surface area (Å²) in [7, 11) is 0. The van der Waals surface area contributed by atoms with Gasteiger partial charge in [0.25, 0.3) is 6.43 Å². The van der Waals surface area contributed by atoms with E-state index in [1.54, 1.807) is 18.2 Å². The third-order valence-electron chi connectivity index (χ3n) is 2.21. The Balaban J connectivity index is 2.62. The average Bonchev–Trinajstić information content (AvgIpc) is 2.32. The van der Waals surface area contributed by atoms with Crippen LogP contribution in [-0.4, -0.2) is 30.8 Å². The second-order valence-electron chi connectivity index (χ2n) is 3.92. The van der Waals surface area contributed by atoms with Gasteiger partial charge in [0.2, 0.25) is 0 Å². The van der Waals surface area contributed by atoms with Gasteiger partial charge in [0, 0.05) is 30.1 Å². The molecule has 4 N–H and O–H groups in total. The molecule has 6 heteroatoms. The number of nitrogens with two attached hydrogens (primary N) is 1. The van der Waals surface area contributed by atoms with E-state index >= 15 is 0 Å². The summed E-state index contributed by atoms with van der Waals surface area (Å²) >= 11 is 0. The summed E-state index contributed by atoms with van der Waals surface area (Å²) in [5, 5.41) is 11.7. The Bertz CT molecular complexity index is 375. The molecule has 0 amide bonds. The predicted molar refractivity (Wildman–Crippen MR) is 67.1 cm³/mol. The van der Waals surface area contributed by atoms with Gasteiger partial charge in [0.05, 0.1) is 6.61 Å². The predicted octanol–water partition coefficient (Wildman–Crippen LogP) is 2.10.